The van der Waals surface area contributed by atoms with Crippen LogP contribution in [0.2, 0.25) is 5.15 Å². The highest BCUT2D eigenvalue weighted by Crippen LogP contribution is 2.33. The monoisotopic (exact) mass is 518 g/mol. The maximum atomic E-state index is 11.8. The molecule has 3 heterocycles. The number of hydrogen-bond donors (Lipinski definition) is 1. The average Bonchev–Trinajstić information content (AvgIpc) is 3.65. The first-order chi connectivity index (χ1) is 18.1. The van der Waals surface area contributed by atoms with Crippen LogP contribution < -0.4 is 0 Å². The summed E-state index contributed by atoms with van der Waals surface area (Å²) in [5.74, 6) is 1.93. The molecule has 0 saturated heterocycles. The molecule has 0 bridgehead atoms. The van der Waals surface area contributed by atoms with Gasteiger partial charge in [-0.25, -0.2) is 4.98 Å². The molecule has 0 amide bonds. The number of esters is 1. The number of carbonyl (C=O) groups is 1. The standard InChI is InChI=1S/C27H27ClN6O3/c1-3-4-9-24-29-26(28)22(12-13-25(35)36-2)34(24)16-19-14-18-11-10-17(15-23(18)37-19)20-7-5-6-8-21(20)27-30-32-33-31-27/h5-8,10-11,14-15H,3-4,9,12-13,16H2,1-2H3,(H,30,31,32,33). The Kier molecular flexibility index (Phi) is 7.32. The molecule has 0 aliphatic heterocycles. The van der Waals surface area contributed by atoms with Gasteiger partial charge in [0, 0.05) is 23.8 Å². The zero-order chi connectivity index (χ0) is 25.8. The van der Waals surface area contributed by atoms with Crippen LogP contribution in [0.1, 0.15) is 43.5 Å². The Morgan fingerprint density at radius 1 is 1.14 bits per heavy atom. The van der Waals surface area contributed by atoms with E-state index < -0.39 is 0 Å². The van der Waals surface area contributed by atoms with Crippen LogP contribution in [0.15, 0.2) is 52.9 Å². The number of tetrazole rings is 1. The number of imidazole rings is 1. The van der Waals surface area contributed by atoms with Crippen LogP contribution in [0.3, 0.4) is 0 Å². The van der Waals surface area contributed by atoms with Gasteiger partial charge in [-0.15, -0.1) is 10.2 Å². The second kappa shape index (κ2) is 11.0. The van der Waals surface area contributed by atoms with Crippen molar-refractivity contribution in [3.05, 3.63) is 71.0 Å². The largest absolute Gasteiger partial charge is 0.469 e. The minimum absolute atomic E-state index is 0.235. The van der Waals surface area contributed by atoms with E-state index in [1.54, 1.807) is 0 Å². The molecule has 0 unspecified atom stereocenters. The van der Waals surface area contributed by atoms with Crippen LogP contribution in [0.25, 0.3) is 33.5 Å². The summed E-state index contributed by atoms with van der Waals surface area (Å²) >= 11 is 6.51. The summed E-state index contributed by atoms with van der Waals surface area (Å²) < 4.78 is 13.2. The number of rotatable bonds is 10. The van der Waals surface area contributed by atoms with Crippen molar-refractivity contribution in [2.45, 2.75) is 45.6 Å². The zero-order valence-electron chi connectivity index (χ0n) is 20.7. The Bertz CT molecular complexity index is 1520. The molecule has 5 aromatic rings. The number of aromatic amines is 1. The van der Waals surface area contributed by atoms with Crippen LogP contribution in [0.4, 0.5) is 0 Å². The summed E-state index contributed by atoms with van der Waals surface area (Å²) in [6.07, 6.45) is 3.51. The number of ether oxygens (including phenoxy) is 1. The molecule has 0 saturated carbocycles. The molecule has 0 spiro atoms. The van der Waals surface area contributed by atoms with Crippen LogP contribution >= 0.6 is 11.6 Å². The van der Waals surface area contributed by atoms with Gasteiger partial charge in [-0.2, -0.15) is 5.21 Å². The summed E-state index contributed by atoms with van der Waals surface area (Å²) in [7, 11) is 1.39. The van der Waals surface area contributed by atoms with Gasteiger partial charge in [-0.3, -0.25) is 4.79 Å². The van der Waals surface area contributed by atoms with E-state index in [-0.39, 0.29) is 12.4 Å². The normalized spacial score (nSPS) is 11.3. The third-order valence-electron chi connectivity index (χ3n) is 6.36. The highest BCUT2D eigenvalue weighted by Gasteiger charge is 2.19. The fraction of sp³-hybridized carbons (Fsp3) is 0.296. The molecule has 0 fully saturated rings. The molecule has 10 heteroatoms. The summed E-state index contributed by atoms with van der Waals surface area (Å²) in [6.45, 7) is 2.61. The Morgan fingerprint density at radius 3 is 2.73 bits per heavy atom. The van der Waals surface area contributed by atoms with Gasteiger partial charge in [0.1, 0.15) is 17.2 Å². The van der Waals surface area contributed by atoms with Crippen molar-refractivity contribution in [1.29, 1.82) is 0 Å². The fourth-order valence-electron chi connectivity index (χ4n) is 4.47. The molecular formula is C27H27ClN6O3. The number of halogens is 1. The molecule has 190 valence electrons. The molecule has 1 N–H and O–H groups in total. The molecule has 0 aliphatic carbocycles. The van der Waals surface area contributed by atoms with E-state index in [2.05, 4.69) is 43.2 Å². The Labute approximate surface area is 218 Å². The summed E-state index contributed by atoms with van der Waals surface area (Å²) in [5, 5.41) is 15.9. The molecule has 2 aromatic carbocycles. The van der Waals surface area contributed by atoms with E-state index in [0.717, 1.165) is 64.2 Å². The number of methoxy groups -OCH3 is 1. The second-order valence-electron chi connectivity index (χ2n) is 8.78. The quantitative estimate of drug-likeness (QED) is 0.238. The predicted octanol–water partition coefficient (Wildman–Crippen LogP) is 5.63. The number of furan rings is 1. The molecule has 9 nitrogen and oxygen atoms in total. The number of aryl methyl sites for hydroxylation is 1. The molecule has 37 heavy (non-hydrogen) atoms. The Hall–Kier alpha value is -3.98. The smallest absolute Gasteiger partial charge is 0.305 e. The molecule has 5 rings (SSSR count). The highest BCUT2D eigenvalue weighted by molar-refractivity contribution is 6.30. The number of hydrogen-bond acceptors (Lipinski definition) is 7. The molecule has 3 aromatic heterocycles. The van der Waals surface area contributed by atoms with Crippen LogP contribution in [-0.2, 0) is 28.9 Å². The molecule has 0 aliphatic rings. The van der Waals surface area contributed by atoms with E-state index in [4.69, 9.17) is 20.8 Å². The predicted molar refractivity (Wildman–Crippen MR) is 140 cm³/mol. The third-order valence-corrected chi connectivity index (χ3v) is 6.66. The van der Waals surface area contributed by atoms with Gasteiger partial charge >= 0.3 is 5.97 Å². The lowest BCUT2D eigenvalue weighted by Crippen LogP contribution is -2.11. The van der Waals surface area contributed by atoms with Gasteiger partial charge in [0.2, 0.25) is 5.82 Å². The zero-order valence-corrected chi connectivity index (χ0v) is 21.5. The van der Waals surface area contributed by atoms with Crippen molar-refractivity contribution in [2.75, 3.05) is 7.11 Å². The maximum absolute atomic E-state index is 11.8. The van der Waals surface area contributed by atoms with E-state index >= 15 is 0 Å². The number of H-pyrrole nitrogens is 1. The topological polar surface area (TPSA) is 112 Å². The molecular weight excluding hydrogens is 492 g/mol. The number of unbranched alkanes of at least 4 members (excludes halogenated alkanes) is 1. The van der Waals surface area contributed by atoms with Crippen molar-refractivity contribution in [3.63, 3.8) is 0 Å². The summed E-state index contributed by atoms with van der Waals surface area (Å²) in [4.78, 5) is 16.4. The lowest BCUT2D eigenvalue weighted by molar-refractivity contribution is -0.140. The van der Waals surface area contributed by atoms with Gasteiger partial charge in [0.25, 0.3) is 0 Å². The van der Waals surface area contributed by atoms with E-state index in [0.29, 0.717) is 23.9 Å². The SMILES string of the molecule is CCCCc1nc(Cl)c(CCC(=O)OC)n1Cc1cc2ccc(-c3ccccc3-c3nn[nH]n3)cc2o1. The number of carbonyl (C=O) groups excluding carboxylic acids is 1. The van der Waals surface area contributed by atoms with Crippen LogP contribution in [0, 0.1) is 0 Å². The minimum atomic E-state index is -0.281. The first kappa shape index (κ1) is 24.7. The van der Waals surface area contributed by atoms with Crippen LogP contribution in [-0.4, -0.2) is 43.3 Å². The van der Waals surface area contributed by atoms with Gasteiger partial charge in [-0.1, -0.05) is 61.3 Å². The first-order valence-electron chi connectivity index (χ1n) is 12.2. The van der Waals surface area contributed by atoms with Gasteiger partial charge in [0.15, 0.2) is 5.15 Å². The fourth-order valence-corrected chi connectivity index (χ4v) is 4.77. The van der Waals surface area contributed by atoms with Crippen molar-refractivity contribution in [1.82, 2.24) is 30.2 Å². The Balaban J connectivity index is 1.47. The number of aromatic nitrogens is 6. The van der Waals surface area contributed by atoms with Crippen molar-refractivity contribution < 1.29 is 13.9 Å². The summed E-state index contributed by atoms with van der Waals surface area (Å²) in [6, 6.07) is 16.1. The average molecular weight is 519 g/mol. The van der Waals surface area contributed by atoms with Gasteiger partial charge in [-0.05, 0) is 34.9 Å². The summed E-state index contributed by atoms with van der Waals surface area (Å²) in [5.41, 5.74) is 4.44. The number of nitrogens with one attached hydrogen (secondary N) is 1. The molecule has 0 radical (unpaired) electrons. The lowest BCUT2D eigenvalue weighted by atomic mass is 9.98. The Morgan fingerprint density at radius 2 is 1.97 bits per heavy atom. The number of nitrogens with zero attached hydrogens (tertiary/aromatic N) is 5. The van der Waals surface area contributed by atoms with Gasteiger partial charge in [0.05, 0.1) is 25.8 Å². The number of benzene rings is 2. The number of fused-ring (bicyclic) bond motifs is 1. The van der Waals surface area contributed by atoms with Crippen molar-refractivity contribution in [2.24, 2.45) is 0 Å². The molecule has 0 atom stereocenters. The van der Waals surface area contributed by atoms with E-state index in [9.17, 15) is 4.79 Å². The van der Waals surface area contributed by atoms with Crippen molar-refractivity contribution in [3.8, 4) is 22.5 Å². The third kappa shape index (κ3) is 5.27. The van der Waals surface area contributed by atoms with Crippen LogP contribution in [0.5, 0.6) is 0 Å². The van der Waals surface area contributed by atoms with E-state index in [1.165, 1.54) is 7.11 Å². The first-order valence-corrected chi connectivity index (χ1v) is 12.6. The van der Waals surface area contributed by atoms with Crippen molar-refractivity contribution >= 4 is 28.5 Å². The lowest BCUT2D eigenvalue weighted by Gasteiger charge is -2.10. The van der Waals surface area contributed by atoms with E-state index in [1.807, 2.05) is 42.5 Å². The second-order valence-corrected chi connectivity index (χ2v) is 9.14. The highest BCUT2D eigenvalue weighted by atomic mass is 35.5. The van der Waals surface area contributed by atoms with Gasteiger partial charge < -0.3 is 13.7 Å². The minimum Gasteiger partial charge on any atom is -0.469 e. The maximum Gasteiger partial charge on any atom is 0.305 e.